The lowest BCUT2D eigenvalue weighted by atomic mass is 10.1. The molecule has 124 valence electrons. The fourth-order valence-corrected chi connectivity index (χ4v) is 4.04. The molecule has 0 aliphatic rings. The van der Waals surface area contributed by atoms with Gasteiger partial charge in [-0.2, -0.15) is 0 Å². The minimum absolute atomic E-state index is 0.335. The molecule has 0 aliphatic carbocycles. The summed E-state index contributed by atoms with van der Waals surface area (Å²) in [5.74, 6) is 0. The standard InChI is InChI=1S/C20H21NO2S/c1-2-16-10-12-17(13-11-16)14-15-21-24(22,23)20-9-5-7-18-6-3-4-8-19(18)20/h3-13,21H,2,14-15H2,1H3. The van der Waals surface area contributed by atoms with Crippen LogP contribution in [0.3, 0.4) is 0 Å². The Kier molecular flexibility index (Phi) is 4.97. The summed E-state index contributed by atoms with van der Waals surface area (Å²) in [7, 11) is -3.52. The van der Waals surface area contributed by atoms with Gasteiger partial charge in [-0.3, -0.25) is 0 Å². The second-order valence-electron chi connectivity index (χ2n) is 5.80. The molecule has 0 spiro atoms. The van der Waals surface area contributed by atoms with Crippen molar-refractivity contribution in [3.63, 3.8) is 0 Å². The number of sulfonamides is 1. The maximum atomic E-state index is 12.6. The quantitative estimate of drug-likeness (QED) is 0.740. The molecule has 0 fully saturated rings. The molecule has 3 rings (SSSR count). The van der Waals surface area contributed by atoms with E-state index < -0.39 is 10.0 Å². The normalized spacial score (nSPS) is 11.7. The molecule has 0 bridgehead atoms. The molecule has 3 nitrogen and oxygen atoms in total. The highest BCUT2D eigenvalue weighted by Crippen LogP contribution is 2.22. The number of rotatable bonds is 6. The molecule has 0 amide bonds. The van der Waals surface area contributed by atoms with Gasteiger partial charge in [0.2, 0.25) is 10.0 Å². The van der Waals surface area contributed by atoms with E-state index in [4.69, 9.17) is 0 Å². The van der Waals surface area contributed by atoms with Gasteiger partial charge in [-0.05, 0) is 35.4 Å². The van der Waals surface area contributed by atoms with Gasteiger partial charge in [0.15, 0.2) is 0 Å². The second kappa shape index (κ2) is 7.16. The van der Waals surface area contributed by atoms with Crippen molar-refractivity contribution < 1.29 is 8.42 Å². The van der Waals surface area contributed by atoms with Crippen LogP contribution in [0.4, 0.5) is 0 Å². The van der Waals surface area contributed by atoms with Gasteiger partial charge in [-0.1, -0.05) is 67.6 Å². The fraction of sp³-hybridized carbons (Fsp3) is 0.200. The third-order valence-corrected chi connectivity index (χ3v) is 5.70. The molecule has 0 unspecified atom stereocenters. The molecule has 4 heteroatoms. The van der Waals surface area contributed by atoms with E-state index in [1.54, 1.807) is 12.1 Å². The topological polar surface area (TPSA) is 46.2 Å². The second-order valence-corrected chi connectivity index (χ2v) is 7.53. The van der Waals surface area contributed by atoms with E-state index in [1.807, 2.05) is 30.3 Å². The number of nitrogens with one attached hydrogen (secondary N) is 1. The van der Waals surface area contributed by atoms with Crippen LogP contribution in [-0.2, 0) is 22.9 Å². The number of aryl methyl sites for hydroxylation is 1. The minimum Gasteiger partial charge on any atom is -0.211 e. The summed E-state index contributed by atoms with van der Waals surface area (Å²) >= 11 is 0. The lowest BCUT2D eigenvalue weighted by Crippen LogP contribution is -2.26. The summed E-state index contributed by atoms with van der Waals surface area (Å²) in [6.45, 7) is 2.50. The average molecular weight is 339 g/mol. The summed E-state index contributed by atoms with van der Waals surface area (Å²) in [6, 6.07) is 21.2. The van der Waals surface area contributed by atoms with Gasteiger partial charge in [-0.25, -0.2) is 13.1 Å². The monoisotopic (exact) mass is 339 g/mol. The van der Waals surface area contributed by atoms with Gasteiger partial charge in [0.1, 0.15) is 0 Å². The molecule has 0 radical (unpaired) electrons. The lowest BCUT2D eigenvalue weighted by molar-refractivity contribution is 0.582. The number of hydrogen-bond donors (Lipinski definition) is 1. The fourth-order valence-electron chi connectivity index (χ4n) is 2.78. The van der Waals surface area contributed by atoms with E-state index in [0.717, 1.165) is 22.8 Å². The molecule has 0 aromatic heterocycles. The maximum Gasteiger partial charge on any atom is 0.241 e. The van der Waals surface area contributed by atoms with Crippen LogP contribution in [0.2, 0.25) is 0 Å². The van der Waals surface area contributed by atoms with Crippen LogP contribution < -0.4 is 4.72 Å². The van der Waals surface area contributed by atoms with E-state index in [-0.39, 0.29) is 0 Å². The van der Waals surface area contributed by atoms with Gasteiger partial charge in [0.25, 0.3) is 0 Å². The third kappa shape index (κ3) is 3.66. The first-order chi connectivity index (χ1) is 11.6. The zero-order valence-corrected chi connectivity index (χ0v) is 14.5. The molecule has 0 aliphatic heterocycles. The molecule has 1 N–H and O–H groups in total. The van der Waals surface area contributed by atoms with Crippen molar-refractivity contribution in [2.45, 2.75) is 24.7 Å². The molecule has 0 saturated carbocycles. The van der Waals surface area contributed by atoms with Crippen LogP contribution in [0, 0.1) is 0 Å². The first-order valence-electron chi connectivity index (χ1n) is 8.15. The summed E-state index contributed by atoms with van der Waals surface area (Å²) in [6.07, 6.45) is 1.68. The first-order valence-corrected chi connectivity index (χ1v) is 9.64. The van der Waals surface area contributed by atoms with Crippen LogP contribution in [0.1, 0.15) is 18.1 Å². The van der Waals surface area contributed by atoms with E-state index in [2.05, 4.69) is 35.9 Å². The SMILES string of the molecule is CCc1ccc(CCNS(=O)(=O)c2cccc3ccccc23)cc1. The Morgan fingerprint density at radius 2 is 1.50 bits per heavy atom. The van der Waals surface area contributed by atoms with Crippen molar-refractivity contribution in [1.82, 2.24) is 4.72 Å². The molecule has 0 atom stereocenters. The third-order valence-electron chi connectivity index (χ3n) is 4.18. The highest BCUT2D eigenvalue weighted by atomic mass is 32.2. The predicted octanol–water partition coefficient (Wildman–Crippen LogP) is 3.92. The van der Waals surface area contributed by atoms with Crippen molar-refractivity contribution in [2.24, 2.45) is 0 Å². The number of benzene rings is 3. The Hall–Kier alpha value is -2.17. The van der Waals surface area contributed by atoms with Crippen LogP contribution in [0.25, 0.3) is 10.8 Å². The summed E-state index contributed by atoms with van der Waals surface area (Å²) in [4.78, 5) is 0.335. The Morgan fingerprint density at radius 1 is 0.833 bits per heavy atom. The molecule has 3 aromatic rings. The molecule has 3 aromatic carbocycles. The van der Waals surface area contributed by atoms with E-state index in [9.17, 15) is 8.42 Å². The first kappa shape index (κ1) is 16.7. The molecule has 24 heavy (non-hydrogen) atoms. The number of hydrogen-bond acceptors (Lipinski definition) is 2. The Balaban J connectivity index is 1.73. The van der Waals surface area contributed by atoms with Crippen molar-refractivity contribution in [3.05, 3.63) is 77.9 Å². The zero-order valence-electron chi connectivity index (χ0n) is 13.7. The van der Waals surface area contributed by atoms with Crippen LogP contribution >= 0.6 is 0 Å². The van der Waals surface area contributed by atoms with Gasteiger partial charge in [0.05, 0.1) is 4.90 Å². The highest BCUT2D eigenvalue weighted by Gasteiger charge is 2.16. The predicted molar refractivity (Wildman–Crippen MR) is 98.7 cm³/mol. The average Bonchev–Trinajstić information content (AvgIpc) is 2.61. The van der Waals surface area contributed by atoms with Crippen molar-refractivity contribution >= 4 is 20.8 Å². The largest absolute Gasteiger partial charge is 0.241 e. The molecular formula is C20H21NO2S. The van der Waals surface area contributed by atoms with Crippen molar-refractivity contribution in [1.29, 1.82) is 0 Å². The number of fused-ring (bicyclic) bond motifs is 1. The van der Waals surface area contributed by atoms with Crippen LogP contribution in [0.5, 0.6) is 0 Å². The van der Waals surface area contributed by atoms with Gasteiger partial charge >= 0.3 is 0 Å². The zero-order chi connectivity index (χ0) is 17.0. The Morgan fingerprint density at radius 3 is 2.25 bits per heavy atom. The Labute approximate surface area is 143 Å². The highest BCUT2D eigenvalue weighted by molar-refractivity contribution is 7.89. The Bertz CT molecular complexity index is 926. The van der Waals surface area contributed by atoms with Crippen molar-refractivity contribution in [2.75, 3.05) is 6.54 Å². The molecular weight excluding hydrogens is 318 g/mol. The van der Waals surface area contributed by atoms with Gasteiger partial charge in [-0.15, -0.1) is 0 Å². The van der Waals surface area contributed by atoms with E-state index >= 15 is 0 Å². The van der Waals surface area contributed by atoms with Crippen LogP contribution in [0.15, 0.2) is 71.6 Å². The summed E-state index contributed by atoms with van der Waals surface area (Å²) < 4.78 is 28.0. The van der Waals surface area contributed by atoms with Crippen molar-refractivity contribution in [3.8, 4) is 0 Å². The lowest BCUT2D eigenvalue weighted by Gasteiger charge is -2.10. The summed E-state index contributed by atoms with van der Waals surface area (Å²) in [5, 5.41) is 1.68. The molecule has 0 saturated heterocycles. The van der Waals surface area contributed by atoms with Gasteiger partial charge in [0, 0.05) is 11.9 Å². The summed E-state index contributed by atoms with van der Waals surface area (Å²) in [5.41, 5.74) is 2.42. The minimum atomic E-state index is -3.52. The van der Waals surface area contributed by atoms with E-state index in [1.165, 1.54) is 5.56 Å². The van der Waals surface area contributed by atoms with Gasteiger partial charge < -0.3 is 0 Å². The molecule has 0 heterocycles. The smallest absolute Gasteiger partial charge is 0.211 e. The van der Waals surface area contributed by atoms with E-state index in [0.29, 0.717) is 17.9 Å². The maximum absolute atomic E-state index is 12.6. The van der Waals surface area contributed by atoms with Crippen LogP contribution in [-0.4, -0.2) is 15.0 Å².